The fourth-order valence-electron chi connectivity index (χ4n) is 3.31. The average Bonchev–Trinajstić information content (AvgIpc) is 2.72. The SMILES string of the molecule is COc1cc2c(cc1Cl)C(C)(C)c1cc(B(O)O)c(OC)cc1-2. The van der Waals surface area contributed by atoms with Gasteiger partial charge in [-0.2, -0.15) is 0 Å². The first-order valence-electron chi connectivity index (χ1n) is 7.28. The maximum atomic E-state index is 9.61. The van der Waals surface area contributed by atoms with Crippen molar-refractivity contribution >= 4 is 24.2 Å². The molecule has 0 fully saturated rings. The molecule has 0 saturated carbocycles. The molecule has 2 aromatic rings. The quantitative estimate of drug-likeness (QED) is 0.847. The third kappa shape index (κ3) is 2.31. The Morgan fingerprint density at radius 2 is 1.43 bits per heavy atom. The van der Waals surface area contributed by atoms with Gasteiger partial charge in [-0.3, -0.25) is 0 Å². The first-order valence-corrected chi connectivity index (χ1v) is 7.66. The Kier molecular flexibility index (Phi) is 3.83. The molecule has 0 amide bonds. The zero-order valence-electron chi connectivity index (χ0n) is 13.5. The number of benzene rings is 2. The van der Waals surface area contributed by atoms with E-state index in [2.05, 4.69) is 13.8 Å². The number of ether oxygens (including phenoxy) is 2. The van der Waals surface area contributed by atoms with Gasteiger partial charge in [0.2, 0.25) is 0 Å². The molecule has 0 aliphatic heterocycles. The van der Waals surface area contributed by atoms with E-state index in [0.717, 1.165) is 22.3 Å². The lowest BCUT2D eigenvalue weighted by Gasteiger charge is -2.23. The summed E-state index contributed by atoms with van der Waals surface area (Å²) in [6, 6.07) is 7.46. The summed E-state index contributed by atoms with van der Waals surface area (Å²) in [5.41, 5.74) is 4.12. The van der Waals surface area contributed by atoms with E-state index in [9.17, 15) is 10.0 Å². The Bertz CT molecular complexity index is 787. The van der Waals surface area contributed by atoms with E-state index in [-0.39, 0.29) is 5.41 Å². The molecule has 0 spiro atoms. The van der Waals surface area contributed by atoms with Crippen LogP contribution in [0.5, 0.6) is 11.5 Å². The lowest BCUT2D eigenvalue weighted by atomic mass is 9.74. The number of halogens is 1. The minimum atomic E-state index is -1.59. The van der Waals surface area contributed by atoms with E-state index >= 15 is 0 Å². The van der Waals surface area contributed by atoms with Gasteiger partial charge < -0.3 is 19.5 Å². The molecule has 4 nitrogen and oxygen atoms in total. The number of rotatable bonds is 3. The molecule has 0 radical (unpaired) electrons. The standard InChI is InChI=1S/C17H18BClO4/c1-17(2)11-7-13(18(20)21)15(22-3)5-9(11)10-6-16(23-4)14(19)8-12(10)17/h5-8,20-21H,1-4H3. The van der Waals surface area contributed by atoms with Gasteiger partial charge in [0.25, 0.3) is 0 Å². The Morgan fingerprint density at radius 1 is 0.913 bits per heavy atom. The first kappa shape index (κ1) is 16.2. The van der Waals surface area contributed by atoms with Gasteiger partial charge in [0.05, 0.1) is 19.2 Å². The van der Waals surface area contributed by atoms with E-state index in [1.807, 2.05) is 18.2 Å². The number of hydrogen-bond donors (Lipinski definition) is 2. The smallest absolute Gasteiger partial charge is 0.492 e. The van der Waals surface area contributed by atoms with Crippen molar-refractivity contribution in [1.29, 1.82) is 0 Å². The van der Waals surface area contributed by atoms with Crippen LogP contribution in [0.1, 0.15) is 25.0 Å². The molecule has 23 heavy (non-hydrogen) atoms. The third-order valence-electron chi connectivity index (χ3n) is 4.58. The zero-order valence-corrected chi connectivity index (χ0v) is 14.2. The number of methoxy groups -OCH3 is 2. The molecule has 0 saturated heterocycles. The summed E-state index contributed by atoms with van der Waals surface area (Å²) in [6.07, 6.45) is 0. The molecular formula is C17H18BClO4. The predicted octanol–water partition coefficient (Wildman–Crippen LogP) is 2.34. The maximum Gasteiger partial charge on any atom is 0.492 e. The van der Waals surface area contributed by atoms with Crippen molar-refractivity contribution in [2.24, 2.45) is 0 Å². The molecule has 2 aromatic carbocycles. The second kappa shape index (κ2) is 5.44. The van der Waals surface area contributed by atoms with Crippen LogP contribution in [0.4, 0.5) is 0 Å². The van der Waals surface area contributed by atoms with Crippen LogP contribution in [0.25, 0.3) is 11.1 Å². The van der Waals surface area contributed by atoms with Crippen molar-refractivity contribution in [3.63, 3.8) is 0 Å². The fraction of sp³-hybridized carbons (Fsp3) is 0.294. The van der Waals surface area contributed by atoms with Crippen LogP contribution in [0.2, 0.25) is 5.02 Å². The van der Waals surface area contributed by atoms with Crippen LogP contribution in [-0.4, -0.2) is 31.4 Å². The molecule has 1 aliphatic carbocycles. The van der Waals surface area contributed by atoms with Crippen molar-refractivity contribution in [3.8, 4) is 22.6 Å². The van der Waals surface area contributed by atoms with E-state index in [1.54, 1.807) is 13.2 Å². The molecule has 2 N–H and O–H groups in total. The highest BCUT2D eigenvalue weighted by molar-refractivity contribution is 6.59. The maximum absolute atomic E-state index is 9.61. The topological polar surface area (TPSA) is 58.9 Å². The van der Waals surface area contributed by atoms with Crippen LogP contribution in [0.15, 0.2) is 24.3 Å². The minimum Gasteiger partial charge on any atom is -0.497 e. The van der Waals surface area contributed by atoms with Gasteiger partial charge in [-0.15, -0.1) is 0 Å². The summed E-state index contributed by atoms with van der Waals surface area (Å²) >= 11 is 6.29. The van der Waals surface area contributed by atoms with Crippen LogP contribution in [0, 0.1) is 0 Å². The van der Waals surface area contributed by atoms with Crippen LogP contribution in [0.3, 0.4) is 0 Å². The van der Waals surface area contributed by atoms with Crippen LogP contribution in [-0.2, 0) is 5.41 Å². The van der Waals surface area contributed by atoms with Crippen molar-refractivity contribution in [3.05, 3.63) is 40.4 Å². The summed E-state index contributed by atoms with van der Waals surface area (Å²) in [4.78, 5) is 0. The molecule has 1 aliphatic rings. The Morgan fingerprint density at radius 3 is 1.96 bits per heavy atom. The van der Waals surface area contributed by atoms with E-state index in [0.29, 0.717) is 22.0 Å². The molecule has 0 atom stereocenters. The number of hydrogen-bond acceptors (Lipinski definition) is 4. The highest BCUT2D eigenvalue weighted by Gasteiger charge is 2.38. The van der Waals surface area contributed by atoms with Gasteiger partial charge in [-0.1, -0.05) is 31.5 Å². The van der Waals surface area contributed by atoms with Crippen molar-refractivity contribution in [2.75, 3.05) is 14.2 Å². The Labute approximate surface area is 140 Å². The monoisotopic (exact) mass is 332 g/mol. The van der Waals surface area contributed by atoms with E-state index in [4.69, 9.17) is 21.1 Å². The molecular weight excluding hydrogens is 314 g/mol. The highest BCUT2D eigenvalue weighted by Crippen LogP contribution is 2.51. The molecule has 0 unspecified atom stereocenters. The van der Waals surface area contributed by atoms with Gasteiger partial charge in [0.1, 0.15) is 11.5 Å². The van der Waals surface area contributed by atoms with Crippen molar-refractivity contribution in [2.45, 2.75) is 19.3 Å². The third-order valence-corrected chi connectivity index (χ3v) is 4.87. The highest BCUT2D eigenvalue weighted by atomic mass is 35.5. The molecule has 120 valence electrons. The summed E-state index contributed by atoms with van der Waals surface area (Å²) in [5, 5.41) is 19.8. The lowest BCUT2D eigenvalue weighted by Crippen LogP contribution is -2.32. The predicted molar refractivity (Wildman–Crippen MR) is 91.9 cm³/mol. The largest absolute Gasteiger partial charge is 0.497 e. The molecule has 3 rings (SSSR count). The minimum absolute atomic E-state index is 0.309. The van der Waals surface area contributed by atoms with E-state index in [1.165, 1.54) is 7.11 Å². The van der Waals surface area contributed by atoms with Crippen molar-refractivity contribution in [1.82, 2.24) is 0 Å². The van der Waals surface area contributed by atoms with Gasteiger partial charge >= 0.3 is 7.12 Å². The summed E-state index contributed by atoms with van der Waals surface area (Å²) in [6.45, 7) is 4.17. The van der Waals surface area contributed by atoms with Crippen molar-refractivity contribution < 1.29 is 19.5 Å². The molecule has 0 heterocycles. The first-order chi connectivity index (χ1) is 10.8. The normalized spacial score (nSPS) is 14.2. The Hall–Kier alpha value is -1.69. The lowest BCUT2D eigenvalue weighted by molar-refractivity contribution is 0.403. The zero-order chi connectivity index (χ0) is 16.9. The van der Waals surface area contributed by atoms with Gasteiger partial charge in [-0.25, -0.2) is 0 Å². The summed E-state index contributed by atoms with van der Waals surface area (Å²) < 4.78 is 10.6. The number of fused-ring (bicyclic) bond motifs is 3. The van der Waals surface area contributed by atoms with Gasteiger partial charge in [-0.05, 0) is 40.5 Å². The van der Waals surface area contributed by atoms with E-state index < -0.39 is 7.12 Å². The van der Waals surface area contributed by atoms with Crippen LogP contribution < -0.4 is 14.9 Å². The summed E-state index contributed by atoms with van der Waals surface area (Å²) in [5.74, 6) is 1.05. The second-order valence-electron chi connectivity index (χ2n) is 6.17. The Balaban J connectivity index is 2.33. The molecule has 0 bridgehead atoms. The van der Waals surface area contributed by atoms with Gasteiger partial charge in [0, 0.05) is 10.9 Å². The molecule has 0 aromatic heterocycles. The fourth-order valence-corrected chi connectivity index (χ4v) is 3.55. The second-order valence-corrected chi connectivity index (χ2v) is 6.58. The van der Waals surface area contributed by atoms with Gasteiger partial charge in [0.15, 0.2) is 0 Å². The summed E-state index contributed by atoms with van der Waals surface area (Å²) in [7, 11) is 1.50. The molecule has 6 heteroatoms. The van der Waals surface area contributed by atoms with Crippen LogP contribution >= 0.6 is 11.6 Å². The average molecular weight is 333 g/mol.